The third-order valence-electron chi connectivity index (χ3n) is 3.50. The molecule has 130 valence electrons. The number of hydrogen-bond donors (Lipinski definition) is 1. The highest BCUT2D eigenvalue weighted by Crippen LogP contribution is 2.30. The zero-order valence-electron chi connectivity index (χ0n) is 13.6. The predicted octanol–water partition coefficient (Wildman–Crippen LogP) is 3.85. The number of anilines is 1. The van der Waals surface area contributed by atoms with Crippen molar-refractivity contribution in [2.45, 2.75) is 26.7 Å². The second kappa shape index (κ2) is 6.03. The topological polar surface area (TPSA) is 72.7 Å². The zero-order chi connectivity index (χ0) is 18.4. The van der Waals surface area contributed by atoms with Crippen LogP contribution in [0.25, 0.3) is 16.7 Å². The van der Waals surface area contributed by atoms with Gasteiger partial charge < -0.3 is 5.32 Å². The van der Waals surface area contributed by atoms with E-state index in [0.717, 1.165) is 13.0 Å². The van der Waals surface area contributed by atoms with Gasteiger partial charge in [-0.2, -0.15) is 13.9 Å². The Balaban J connectivity index is 2.21. The van der Waals surface area contributed by atoms with Gasteiger partial charge in [0.2, 0.25) is 5.91 Å². The molecule has 3 aromatic rings. The summed E-state index contributed by atoms with van der Waals surface area (Å²) in [5.74, 6) is -2.93. The average Bonchev–Trinajstić information content (AvgIpc) is 2.82. The lowest BCUT2D eigenvalue weighted by Crippen LogP contribution is -2.12. The maximum Gasteiger partial charge on any atom is 0.287 e. The maximum atomic E-state index is 13.6. The van der Waals surface area contributed by atoms with E-state index in [1.807, 2.05) is 0 Å². The molecule has 3 heterocycles. The van der Waals surface area contributed by atoms with Crippen LogP contribution in [0.15, 0.2) is 24.4 Å². The van der Waals surface area contributed by atoms with Crippen LogP contribution in [0.1, 0.15) is 25.2 Å². The van der Waals surface area contributed by atoms with Crippen molar-refractivity contribution in [2.75, 3.05) is 5.32 Å². The molecule has 3 rings (SSSR count). The first-order valence-electron chi connectivity index (χ1n) is 7.34. The molecule has 6 nitrogen and oxygen atoms in total. The number of rotatable bonds is 3. The van der Waals surface area contributed by atoms with Gasteiger partial charge in [-0.05, 0) is 13.0 Å². The summed E-state index contributed by atoms with van der Waals surface area (Å²) in [5, 5.41) is 7.75. The van der Waals surface area contributed by atoms with Gasteiger partial charge in [-0.25, -0.2) is 14.6 Å². The number of nitrogens with one attached hydrogen (secondary N) is 1. The molecule has 0 aliphatic heterocycles. The molecule has 0 spiro atoms. The van der Waals surface area contributed by atoms with Crippen LogP contribution in [0.2, 0.25) is 5.02 Å². The van der Waals surface area contributed by atoms with Gasteiger partial charge >= 0.3 is 0 Å². The molecule has 1 N–H and O–H groups in total. The van der Waals surface area contributed by atoms with E-state index in [0.29, 0.717) is 22.4 Å². The first kappa shape index (κ1) is 17.2. The summed E-state index contributed by atoms with van der Waals surface area (Å²) < 4.78 is 28.7. The van der Waals surface area contributed by atoms with Gasteiger partial charge in [0, 0.05) is 42.6 Å². The summed E-state index contributed by atoms with van der Waals surface area (Å²) in [4.78, 5) is 19.3. The Kier molecular flexibility index (Phi) is 4.16. The number of carbonyl (C=O) groups is 1. The van der Waals surface area contributed by atoms with Crippen LogP contribution in [-0.4, -0.2) is 25.7 Å². The van der Waals surface area contributed by atoms with Crippen LogP contribution in [0, 0.1) is 6.92 Å². The van der Waals surface area contributed by atoms with Crippen molar-refractivity contribution in [3.05, 3.63) is 40.8 Å². The summed E-state index contributed by atoms with van der Waals surface area (Å²) in [6.45, 7) is 3.88. The Morgan fingerprint density at radius 2 is 2.04 bits per heavy atom. The number of alkyl halides is 2. The number of pyridine rings is 2. The molecule has 25 heavy (non-hydrogen) atoms. The van der Waals surface area contributed by atoms with E-state index in [2.05, 4.69) is 20.4 Å². The number of carbonyl (C=O) groups excluding carboxylic acids is 1. The monoisotopic (exact) mass is 365 g/mol. The van der Waals surface area contributed by atoms with E-state index < -0.39 is 11.6 Å². The first-order chi connectivity index (χ1) is 11.6. The van der Waals surface area contributed by atoms with E-state index in [1.54, 1.807) is 19.2 Å². The van der Waals surface area contributed by atoms with Crippen molar-refractivity contribution in [3.8, 4) is 5.82 Å². The lowest BCUT2D eigenvalue weighted by molar-refractivity contribution is -0.114. The second-order valence-corrected chi connectivity index (χ2v) is 6.12. The predicted molar refractivity (Wildman–Crippen MR) is 90.3 cm³/mol. The molecular formula is C16H14ClF2N5O. The van der Waals surface area contributed by atoms with Crippen molar-refractivity contribution in [1.29, 1.82) is 0 Å². The van der Waals surface area contributed by atoms with Crippen LogP contribution in [0.5, 0.6) is 0 Å². The van der Waals surface area contributed by atoms with E-state index in [1.165, 1.54) is 17.7 Å². The molecule has 0 aromatic carbocycles. The third kappa shape index (κ3) is 3.43. The van der Waals surface area contributed by atoms with Gasteiger partial charge in [-0.15, -0.1) is 0 Å². The highest BCUT2D eigenvalue weighted by molar-refractivity contribution is 6.30. The normalized spacial score (nSPS) is 11.8. The number of nitrogens with zero attached hydrogens (tertiary/aromatic N) is 4. The smallest absolute Gasteiger partial charge is 0.287 e. The summed E-state index contributed by atoms with van der Waals surface area (Å²) in [6, 6.07) is 4.16. The SMILES string of the molecule is CC(=O)Nc1cc2c(cn1)c(C)nn2-c1cc(Cl)cc(C(C)(F)F)n1. The Morgan fingerprint density at radius 3 is 2.68 bits per heavy atom. The Hall–Kier alpha value is -2.61. The molecule has 1 amide bonds. The van der Waals surface area contributed by atoms with Gasteiger partial charge in [0.25, 0.3) is 5.92 Å². The van der Waals surface area contributed by atoms with E-state index >= 15 is 0 Å². The van der Waals surface area contributed by atoms with Crippen LogP contribution >= 0.6 is 11.6 Å². The van der Waals surface area contributed by atoms with E-state index in [4.69, 9.17) is 11.6 Å². The molecule has 0 bridgehead atoms. The van der Waals surface area contributed by atoms with E-state index in [9.17, 15) is 13.6 Å². The lowest BCUT2D eigenvalue weighted by atomic mass is 10.2. The number of aromatic nitrogens is 4. The van der Waals surface area contributed by atoms with Crippen LogP contribution in [-0.2, 0) is 10.7 Å². The number of aryl methyl sites for hydroxylation is 1. The average molecular weight is 366 g/mol. The Morgan fingerprint density at radius 1 is 1.32 bits per heavy atom. The molecule has 3 aromatic heterocycles. The molecule has 0 saturated carbocycles. The Labute approximate surface area is 146 Å². The van der Waals surface area contributed by atoms with Gasteiger partial charge in [0.1, 0.15) is 11.5 Å². The molecule has 9 heteroatoms. The maximum absolute atomic E-state index is 13.6. The molecule has 0 aliphatic rings. The molecule has 0 aliphatic carbocycles. The minimum Gasteiger partial charge on any atom is -0.311 e. The molecular weight excluding hydrogens is 352 g/mol. The quantitative estimate of drug-likeness (QED) is 0.765. The minimum atomic E-state index is -3.14. The summed E-state index contributed by atoms with van der Waals surface area (Å²) >= 11 is 5.98. The standard InChI is InChI=1S/C16H14ClF2N5O/c1-8-11-7-20-14(21-9(2)25)6-12(11)24(23-8)15-5-10(17)4-13(22-15)16(3,18)19/h4-7H,1-3H3,(H,20,21,25). The molecule has 0 unspecified atom stereocenters. The molecule has 0 saturated heterocycles. The fourth-order valence-electron chi connectivity index (χ4n) is 2.40. The van der Waals surface area contributed by atoms with Gasteiger partial charge in [0.15, 0.2) is 5.82 Å². The van der Waals surface area contributed by atoms with Crippen LogP contribution in [0.3, 0.4) is 0 Å². The lowest BCUT2D eigenvalue weighted by Gasteiger charge is -2.12. The fraction of sp³-hybridized carbons (Fsp3) is 0.250. The van der Waals surface area contributed by atoms with Crippen molar-refractivity contribution in [2.24, 2.45) is 0 Å². The third-order valence-corrected chi connectivity index (χ3v) is 3.72. The fourth-order valence-corrected chi connectivity index (χ4v) is 2.60. The van der Waals surface area contributed by atoms with Crippen molar-refractivity contribution in [3.63, 3.8) is 0 Å². The largest absolute Gasteiger partial charge is 0.311 e. The van der Waals surface area contributed by atoms with E-state index in [-0.39, 0.29) is 16.7 Å². The Bertz CT molecular complexity index is 981. The van der Waals surface area contributed by atoms with Crippen molar-refractivity contribution >= 4 is 34.2 Å². The summed E-state index contributed by atoms with van der Waals surface area (Å²) in [7, 11) is 0. The highest BCUT2D eigenvalue weighted by Gasteiger charge is 2.27. The molecule has 0 fully saturated rings. The number of halogens is 3. The van der Waals surface area contributed by atoms with Gasteiger partial charge in [0.05, 0.1) is 11.2 Å². The minimum absolute atomic E-state index is 0.124. The summed E-state index contributed by atoms with van der Waals surface area (Å²) in [6.07, 6.45) is 1.55. The van der Waals surface area contributed by atoms with Crippen LogP contribution < -0.4 is 5.32 Å². The molecule has 0 radical (unpaired) electrons. The summed E-state index contributed by atoms with van der Waals surface area (Å²) in [5.41, 5.74) is 0.757. The van der Waals surface area contributed by atoms with Crippen molar-refractivity contribution < 1.29 is 13.6 Å². The number of hydrogen-bond acceptors (Lipinski definition) is 4. The molecule has 0 atom stereocenters. The van der Waals surface area contributed by atoms with Gasteiger partial charge in [-0.1, -0.05) is 11.6 Å². The first-order valence-corrected chi connectivity index (χ1v) is 7.72. The van der Waals surface area contributed by atoms with Crippen LogP contribution in [0.4, 0.5) is 14.6 Å². The van der Waals surface area contributed by atoms with Crippen molar-refractivity contribution in [1.82, 2.24) is 19.7 Å². The highest BCUT2D eigenvalue weighted by atomic mass is 35.5. The number of fused-ring (bicyclic) bond motifs is 1. The van der Waals surface area contributed by atoms with Gasteiger partial charge in [-0.3, -0.25) is 4.79 Å². The second-order valence-electron chi connectivity index (χ2n) is 5.68. The number of amides is 1. The zero-order valence-corrected chi connectivity index (χ0v) is 14.4.